The van der Waals surface area contributed by atoms with Crippen molar-refractivity contribution in [2.24, 2.45) is 10.4 Å². The maximum absolute atomic E-state index is 12.4. The fourth-order valence-corrected chi connectivity index (χ4v) is 6.90. The van der Waals surface area contributed by atoms with Gasteiger partial charge in [0.2, 0.25) is 10.0 Å². The molecular weight excluding hydrogens is 483 g/mol. The second kappa shape index (κ2) is 10.2. The van der Waals surface area contributed by atoms with E-state index in [1.165, 1.54) is 38.5 Å². The number of nitrogens with zero attached hydrogens (tertiary/aromatic N) is 3. The Labute approximate surface area is 180 Å². The number of nitrogens with one attached hydrogen (secondary N) is 1. The lowest BCUT2D eigenvalue weighted by Crippen LogP contribution is -2.45. The topological polar surface area (TPSA) is 65.0 Å². The summed E-state index contributed by atoms with van der Waals surface area (Å²) in [5, 5.41) is 3.29. The van der Waals surface area contributed by atoms with Crippen molar-refractivity contribution in [3.8, 4) is 0 Å². The van der Waals surface area contributed by atoms with Gasteiger partial charge in [-0.05, 0) is 24.7 Å². The molecule has 1 aliphatic carbocycles. The number of guanidine groups is 1. The van der Waals surface area contributed by atoms with Gasteiger partial charge in [-0.1, -0.05) is 19.3 Å². The lowest BCUT2D eigenvalue weighted by atomic mass is 9.73. The Balaban J connectivity index is 0.00000243. The highest BCUT2D eigenvalue weighted by atomic mass is 127. The molecule has 1 N–H and O–H groups in total. The minimum absolute atomic E-state index is 0. The molecule has 9 heteroatoms. The number of thioether (sulfide) groups is 1. The molecule has 2 aliphatic heterocycles. The summed E-state index contributed by atoms with van der Waals surface area (Å²) >= 11 is 1.83. The van der Waals surface area contributed by atoms with Gasteiger partial charge in [-0.2, -0.15) is 11.8 Å². The van der Waals surface area contributed by atoms with Crippen LogP contribution in [-0.2, 0) is 10.0 Å². The Kier molecular flexibility index (Phi) is 8.81. The molecule has 3 aliphatic rings. The molecule has 0 radical (unpaired) electrons. The molecule has 0 aromatic carbocycles. The van der Waals surface area contributed by atoms with Crippen molar-refractivity contribution in [3.05, 3.63) is 0 Å². The summed E-state index contributed by atoms with van der Waals surface area (Å²) in [6.45, 7) is 3.84. The molecule has 3 fully saturated rings. The normalized spacial score (nSPS) is 24.5. The van der Waals surface area contributed by atoms with E-state index >= 15 is 0 Å². The predicted octanol–water partition coefficient (Wildman–Crippen LogP) is 2.21. The molecule has 26 heavy (non-hydrogen) atoms. The highest BCUT2D eigenvalue weighted by Crippen LogP contribution is 2.43. The predicted molar refractivity (Wildman–Crippen MR) is 121 cm³/mol. The minimum atomic E-state index is -3.15. The third-order valence-corrected chi connectivity index (χ3v) is 8.68. The van der Waals surface area contributed by atoms with E-state index in [9.17, 15) is 8.42 Å². The van der Waals surface area contributed by atoms with Crippen LogP contribution < -0.4 is 5.32 Å². The van der Waals surface area contributed by atoms with Gasteiger partial charge in [0.05, 0.1) is 5.75 Å². The van der Waals surface area contributed by atoms with E-state index in [-0.39, 0.29) is 29.7 Å². The SMILES string of the molecule is CN=C(NCCS(=O)(=O)N1CCSCC1)N1CCC2(CCCCC2)C1.I. The zero-order chi connectivity index (χ0) is 17.8. The third-order valence-electron chi connectivity index (χ3n) is 5.87. The van der Waals surface area contributed by atoms with Crippen molar-refractivity contribution in [2.75, 3.05) is 57.0 Å². The van der Waals surface area contributed by atoms with Crippen LogP contribution in [0.1, 0.15) is 38.5 Å². The van der Waals surface area contributed by atoms with Gasteiger partial charge in [-0.25, -0.2) is 12.7 Å². The third kappa shape index (κ3) is 5.64. The van der Waals surface area contributed by atoms with E-state index in [4.69, 9.17) is 0 Å². The summed E-state index contributed by atoms with van der Waals surface area (Å²) in [5.41, 5.74) is 0.480. The van der Waals surface area contributed by atoms with Gasteiger partial charge in [0.15, 0.2) is 5.96 Å². The first-order chi connectivity index (χ1) is 12.0. The fourth-order valence-electron chi connectivity index (χ4n) is 4.40. The van der Waals surface area contributed by atoms with Crippen LogP contribution in [0.4, 0.5) is 0 Å². The Hall–Kier alpha value is 0.260. The molecule has 1 saturated carbocycles. The number of hydrogen-bond acceptors (Lipinski definition) is 4. The lowest BCUT2D eigenvalue weighted by molar-refractivity contribution is 0.203. The van der Waals surface area contributed by atoms with Crippen molar-refractivity contribution in [2.45, 2.75) is 38.5 Å². The van der Waals surface area contributed by atoms with Crippen LogP contribution in [0.15, 0.2) is 4.99 Å². The molecule has 0 aromatic heterocycles. The van der Waals surface area contributed by atoms with Crippen LogP contribution in [0, 0.1) is 5.41 Å². The van der Waals surface area contributed by atoms with Crippen LogP contribution in [0.5, 0.6) is 0 Å². The first-order valence-corrected chi connectivity index (χ1v) is 12.3. The van der Waals surface area contributed by atoms with Crippen molar-refractivity contribution < 1.29 is 8.42 Å². The molecule has 0 bridgehead atoms. The van der Waals surface area contributed by atoms with Gasteiger partial charge in [-0.3, -0.25) is 4.99 Å². The van der Waals surface area contributed by atoms with E-state index in [2.05, 4.69) is 15.2 Å². The molecule has 1 spiro atoms. The van der Waals surface area contributed by atoms with Crippen LogP contribution in [0.25, 0.3) is 0 Å². The van der Waals surface area contributed by atoms with Gasteiger partial charge >= 0.3 is 0 Å². The van der Waals surface area contributed by atoms with Gasteiger partial charge in [-0.15, -0.1) is 24.0 Å². The molecule has 0 unspecified atom stereocenters. The first-order valence-electron chi connectivity index (χ1n) is 9.56. The smallest absolute Gasteiger partial charge is 0.215 e. The van der Waals surface area contributed by atoms with Crippen molar-refractivity contribution >= 4 is 51.7 Å². The van der Waals surface area contributed by atoms with Crippen molar-refractivity contribution in [1.29, 1.82) is 0 Å². The Morgan fingerprint density at radius 1 is 1.12 bits per heavy atom. The summed E-state index contributed by atoms with van der Waals surface area (Å²) in [6.07, 6.45) is 8.00. The van der Waals surface area contributed by atoms with E-state index in [1.807, 2.05) is 11.8 Å². The van der Waals surface area contributed by atoms with E-state index in [0.717, 1.165) is 30.6 Å². The van der Waals surface area contributed by atoms with Gasteiger partial charge in [0, 0.05) is 51.3 Å². The maximum Gasteiger partial charge on any atom is 0.215 e. The van der Waals surface area contributed by atoms with Crippen LogP contribution >= 0.6 is 35.7 Å². The van der Waals surface area contributed by atoms with Gasteiger partial charge < -0.3 is 10.2 Å². The molecule has 2 heterocycles. The monoisotopic (exact) mass is 516 g/mol. The zero-order valence-electron chi connectivity index (χ0n) is 15.8. The summed E-state index contributed by atoms with van der Waals surface area (Å²) in [5.74, 6) is 2.83. The van der Waals surface area contributed by atoms with Crippen LogP contribution in [0.3, 0.4) is 0 Å². The fraction of sp³-hybridized carbons (Fsp3) is 0.941. The summed E-state index contributed by atoms with van der Waals surface area (Å²) < 4.78 is 26.5. The quantitative estimate of drug-likeness (QED) is 0.353. The largest absolute Gasteiger partial charge is 0.355 e. The zero-order valence-corrected chi connectivity index (χ0v) is 19.7. The second-order valence-electron chi connectivity index (χ2n) is 7.53. The Bertz CT molecular complexity index is 573. The molecule has 0 aromatic rings. The van der Waals surface area contributed by atoms with Crippen molar-refractivity contribution in [3.63, 3.8) is 0 Å². The first kappa shape index (κ1) is 22.5. The molecule has 152 valence electrons. The van der Waals surface area contributed by atoms with Crippen molar-refractivity contribution in [1.82, 2.24) is 14.5 Å². The molecule has 0 amide bonds. The number of hydrogen-bond donors (Lipinski definition) is 1. The number of halogens is 1. The van der Waals surface area contributed by atoms with Gasteiger partial charge in [0.1, 0.15) is 0 Å². The van der Waals surface area contributed by atoms with E-state index in [0.29, 0.717) is 25.0 Å². The Morgan fingerprint density at radius 2 is 1.81 bits per heavy atom. The molecule has 0 atom stereocenters. The van der Waals surface area contributed by atoms with Crippen LogP contribution in [0.2, 0.25) is 0 Å². The summed E-state index contributed by atoms with van der Waals surface area (Å²) in [7, 11) is -1.36. The minimum Gasteiger partial charge on any atom is -0.355 e. The Morgan fingerprint density at radius 3 is 2.46 bits per heavy atom. The highest BCUT2D eigenvalue weighted by molar-refractivity contribution is 14.0. The second-order valence-corrected chi connectivity index (χ2v) is 10.8. The number of aliphatic imine (C=N–C) groups is 1. The van der Waals surface area contributed by atoms with Crippen LogP contribution in [-0.4, -0.2) is 80.6 Å². The average Bonchev–Trinajstić information content (AvgIpc) is 3.03. The molecule has 2 saturated heterocycles. The lowest BCUT2D eigenvalue weighted by Gasteiger charge is -2.33. The standard InChI is InChI=1S/C17H32N4O2S2.HI/c1-18-16(20-9-7-17(15-20)5-3-2-4-6-17)19-8-14-25(22,23)21-10-12-24-13-11-21;/h2-15H2,1H3,(H,18,19);1H. The molecule has 6 nitrogen and oxygen atoms in total. The van der Waals surface area contributed by atoms with E-state index in [1.54, 1.807) is 11.4 Å². The number of sulfonamides is 1. The number of likely N-dealkylation sites (tertiary alicyclic amines) is 1. The van der Waals surface area contributed by atoms with Gasteiger partial charge in [0.25, 0.3) is 0 Å². The summed E-state index contributed by atoms with van der Waals surface area (Å²) in [6, 6.07) is 0. The average molecular weight is 517 g/mol. The number of rotatable bonds is 4. The maximum atomic E-state index is 12.4. The van der Waals surface area contributed by atoms with E-state index < -0.39 is 10.0 Å². The summed E-state index contributed by atoms with van der Waals surface area (Å²) in [4.78, 5) is 6.73. The molecular formula is C17H33IN4O2S2. The highest BCUT2D eigenvalue weighted by Gasteiger charge is 2.39. The molecule has 3 rings (SSSR count).